The summed E-state index contributed by atoms with van der Waals surface area (Å²) in [5.74, 6) is 0.345. The third-order valence-corrected chi connectivity index (χ3v) is 3.80. The number of hydrogen-bond donors (Lipinski definition) is 2. The summed E-state index contributed by atoms with van der Waals surface area (Å²) >= 11 is 0. The lowest BCUT2D eigenvalue weighted by Gasteiger charge is -2.31. The number of nitrogens with zero attached hydrogens (tertiary/aromatic N) is 3. The van der Waals surface area contributed by atoms with Crippen molar-refractivity contribution in [1.82, 2.24) is 15.1 Å². The molecule has 0 aromatic carbocycles. The topological polar surface area (TPSA) is 109 Å². The Labute approximate surface area is 155 Å². The fourth-order valence-electron chi connectivity index (χ4n) is 2.43. The summed E-state index contributed by atoms with van der Waals surface area (Å²) in [6, 6.07) is 0.174. The molecule has 26 heavy (non-hydrogen) atoms. The minimum absolute atomic E-state index is 0.174. The van der Waals surface area contributed by atoms with Crippen LogP contribution in [0.2, 0.25) is 0 Å². The number of hydrogen-bond acceptors (Lipinski definition) is 5. The average Bonchev–Trinajstić information content (AvgIpc) is 2.54. The van der Waals surface area contributed by atoms with Crippen LogP contribution in [0.4, 0.5) is 9.59 Å². The molecule has 0 unspecified atom stereocenters. The van der Waals surface area contributed by atoms with Gasteiger partial charge in [-0.05, 0) is 40.5 Å². The highest BCUT2D eigenvalue weighted by molar-refractivity contribution is 5.78. The van der Waals surface area contributed by atoms with Crippen molar-refractivity contribution in [2.45, 2.75) is 52.2 Å². The van der Waals surface area contributed by atoms with E-state index in [1.165, 1.54) is 4.90 Å². The molecule has 1 heterocycles. The lowest BCUT2D eigenvalue weighted by Crippen LogP contribution is -2.48. The molecule has 0 aliphatic carbocycles. The Hall–Kier alpha value is -2.19. The maximum Gasteiger partial charge on any atom is 0.410 e. The van der Waals surface area contributed by atoms with E-state index in [-0.39, 0.29) is 18.2 Å². The van der Waals surface area contributed by atoms with E-state index in [2.05, 4.69) is 10.3 Å². The molecule has 3 N–H and O–H groups in total. The molecule has 9 heteroatoms. The minimum Gasteiger partial charge on any atom is -0.450 e. The van der Waals surface area contributed by atoms with Crippen molar-refractivity contribution in [1.29, 1.82) is 0 Å². The Morgan fingerprint density at radius 2 is 1.92 bits per heavy atom. The first kappa shape index (κ1) is 21.9. The second-order valence-electron chi connectivity index (χ2n) is 7.27. The predicted octanol–water partition coefficient (Wildman–Crippen LogP) is 1.38. The first-order valence-electron chi connectivity index (χ1n) is 9.04. The van der Waals surface area contributed by atoms with Crippen molar-refractivity contribution in [2.75, 3.05) is 39.8 Å². The van der Waals surface area contributed by atoms with E-state index in [1.54, 1.807) is 18.9 Å². The second kappa shape index (κ2) is 10.1. The molecule has 0 aromatic heterocycles. The zero-order chi connectivity index (χ0) is 19.7. The van der Waals surface area contributed by atoms with Crippen molar-refractivity contribution < 1.29 is 19.1 Å². The van der Waals surface area contributed by atoms with Crippen LogP contribution in [0, 0.1) is 0 Å². The normalized spacial score (nSPS) is 16.2. The van der Waals surface area contributed by atoms with Gasteiger partial charge in [0.25, 0.3) is 0 Å². The van der Waals surface area contributed by atoms with Crippen LogP contribution in [0.1, 0.15) is 40.5 Å². The molecule has 2 amide bonds. The van der Waals surface area contributed by atoms with E-state index in [0.717, 1.165) is 12.8 Å². The number of guanidine groups is 1. The fourth-order valence-corrected chi connectivity index (χ4v) is 2.43. The third-order valence-electron chi connectivity index (χ3n) is 3.80. The Bertz CT molecular complexity index is 496. The van der Waals surface area contributed by atoms with Crippen LogP contribution in [-0.4, -0.2) is 79.4 Å². The smallest absolute Gasteiger partial charge is 0.410 e. The number of likely N-dealkylation sites (N-methyl/N-ethyl adjacent to an activating group) is 1. The van der Waals surface area contributed by atoms with Crippen LogP contribution in [0.15, 0.2) is 4.99 Å². The summed E-state index contributed by atoms with van der Waals surface area (Å²) in [7, 11) is 1.66. The monoisotopic (exact) mass is 371 g/mol. The summed E-state index contributed by atoms with van der Waals surface area (Å²) in [6.45, 7) is 9.72. The molecule has 1 fully saturated rings. The predicted molar refractivity (Wildman–Crippen MR) is 100 cm³/mol. The van der Waals surface area contributed by atoms with Gasteiger partial charge >= 0.3 is 12.2 Å². The molecule has 1 aliphatic rings. The summed E-state index contributed by atoms with van der Waals surface area (Å²) in [4.78, 5) is 30.9. The van der Waals surface area contributed by atoms with E-state index in [4.69, 9.17) is 15.2 Å². The first-order chi connectivity index (χ1) is 12.1. The molecule has 1 rings (SSSR count). The Morgan fingerprint density at radius 1 is 1.31 bits per heavy atom. The number of carbonyl (C=O) groups excluding carboxylic acids is 2. The zero-order valence-corrected chi connectivity index (χ0v) is 16.6. The summed E-state index contributed by atoms with van der Waals surface area (Å²) < 4.78 is 10.3. The Kier molecular flexibility index (Phi) is 8.47. The fraction of sp³-hybridized carbons (Fsp3) is 0.824. The van der Waals surface area contributed by atoms with Gasteiger partial charge in [-0.15, -0.1) is 0 Å². The Morgan fingerprint density at radius 3 is 2.46 bits per heavy atom. The van der Waals surface area contributed by atoms with Crippen LogP contribution in [0.5, 0.6) is 0 Å². The van der Waals surface area contributed by atoms with Crippen molar-refractivity contribution >= 4 is 18.1 Å². The van der Waals surface area contributed by atoms with Crippen LogP contribution >= 0.6 is 0 Å². The van der Waals surface area contributed by atoms with Gasteiger partial charge in [0.2, 0.25) is 0 Å². The van der Waals surface area contributed by atoms with E-state index in [1.807, 2.05) is 20.8 Å². The third kappa shape index (κ3) is 8.26. The number of nitrogens with one attached hydrogen (secondary N) is 1. The number of aliphatic imine (C=N–C) groups is 1. The van der Waals surface area contributed by atoms with E-state index in [9.17, 15) is 9.59 Å². The van der Waals surface area contributed by atoms with Gasteiger partial charge in [-0.3, -0.25) is 4.99 Å². The van der Waals surface area contributed by atoms with E-state index < -0.39 is 5.60 Å². The van der Waals surface area contributed by atoms with Crippen molar-refractivity contribution in [2.24, 2.45) is 10.7 Å². The molecule has 0 saturated carbocycles. The minimum atomic E-state index is -0.520. The Balaban J connectivity index is 2.30. The number of amides is 2. The molecule has 150 valence electrons. The van der Waals surface area contributed by atoms with Crippen LogP contribution in [-0.2, 0) is 9.47 Å². The number of nitrogens with two attached hydrogens (primary N) is 1. The molecular formula is C17H33N5O4. The SMILES string of the molecule is CCOC(=O)N1CCC(NC(N)=NCCN(C)C(=O)OC(C)(C)C)CC1. The number of ether oxygens (including phenoxy) is 2. The first-order valence-corrected chi connectivity index (χ1v) is 9.04. The second-order valence-corrected chi connectivity index (χ2v) is 7.27. The van der Waals surface area contributed by atoms with Gasteiger partial charge in [0.05, 0.1) is 13.2 Å². The number of likely N-dealkylation sites (tertiary alicyclic amines) is 1. The molecule has 0 bridgehead atoms. The summed E-state index contributed by atoms with van der Waals surface area (Å²) in [6.07, 6.45) is 0.919. The molecule has 0 spiro atoms. The highest BCUT2D eigenvalue weighted by Crippen LogP contribution is 2.11. The van der Waals surface area contributed by atoms with Gasteiger partial charge in [-0.1, -0.05) is 0 Å². The lowest BCUT2D eigenvalue weighted by molar-refractivity contribution is 0.0304. The van der Waals surface area contributed by atoms with Gasteiger partial charge in [0, 0.05) is 32.7 Å². The molecule has 9 nitrogen and oxygen atoms in total. The summed E-state index contributed by atoms with van der Waals surface area (Å²) in [5, 5.41) is 3.17. The lowest BCUT2D eigenvalue weighted by atomic mass is 10.1. The zero-order valence-electron chi connectivity index (χ0n) is 16.6. The van der Waals surface area contributed by atoms with E-state index in [0.29, 0.717) is 38.7 Å². The molecule has 1 aliphatic heterocycles. The standard InChI is InChI=1S/C17H33N5O4/c1-6-25-16(24)22-10-7-13(8-11-22)20-14(18)19-9-12-21(5)15(23)26-17(2,3)4/h13H,6-12H2,1-5H3,(H3,18,19,20). The average molecular weight is 371 g/mol. The van der Waals surface area contributed by atoms with Gasteiger partial charge in [0.15, 0.2) is 5.96 Å². The molecule has 0 radical (unpaired) electrons. The van der Waals surface area contributed by atoms with E-state index >= 15 is 0 Å². The largest absolute Gasteiger partial charge is 0.450 e. The van der Waals surface area contributed by atoms with Gasteiger partial charge < -0.3 is 30.3 Å². The highest BCUT2D eigenvalue weighted by atomic mass is 16.6. The number of rotatable bonds is 5. The van der Waals surface area contributed by atoms with Crippen molar-refractivity contribution in [3.8, 4) is 0 Å². The van der Waals surface area contributed by atoms with Crippen LogP contribution in [0.25, 0.3) is 0 Å². The van der Waals surface area contributed by atoms with Crippen molar-refractivity contribution in [3.05, 3.63) is 0 Å². The number of carbonyl (C=O) groups is 2. The van der Waals surface area contributed by atoms with Crippen molar-refractivity contribution in [3.63, 3.8) is 0 Å². The molecule has 0 atom stereocenters. The van der Waals surface area contributed by atoms with Gasteiger partial charge in [-0.2, -0.15) is 0 Å². The number of piperidine rings is 1. The van der Waals surface area contributed by atoms with Gasteiger partial charge in [0.1, 0.15) is 5.60 Å². The maximum atomic E-state index is 11.8. The van der Waals surface area contributed by atoms with Gasteiger partial charge in [-0.25, -0.2) is 9.59 Å². The molecular weight excluding hydrogens is 338 g/mol. The van der Waals surface area contributed by atoms with Crippen LogP contribution < -0.4 is 11.1 Å². The molecule has 1 saturated heterocycles. The van der Waals surface area contributed by atoms with Crippen LogP contribution in [0.3, 0.4) is 0 Å². The molecule has 0 aromatic rings. The highest BCUT2D eigenvalue weighted by Gasteiger charge is 2.23. The maximum absolute atomic E-state index is 11.8. The summed E-state index contributed by atoms with van der Waals surface area (Å²) in [5.41, 5.74) is 5.39. The quantitative estimate of drug-likeness (QED) is 0.558.